The highest BCUT2D eigenvalue weighted by atomic mass is 16.5. The largest absolute Gasteiger partial charge is 0.462 e. The lowest BCUT2D eigenvalue weighted by molar-refractivity contribution is -0.104. The van der Waals surface area contributed by atoms with Crippen molar-refractivity contribution >= 4 is 6.29 Å². The topological polar surface area (TPSA) is 26.3 Å². The van der Waals surface area contributed by atoms with E-state index in [-0.39, 0.29) is 0 Å². The monoisotopic (exact) mass is 162 g/mol. The van der Waals surface area contributed by atoms with Crippen LogP contribution < -0.4 is 4.74 Å². The fourth-order valence-corrected chi connectivity index (χ4v) is 0.804. The number of rotatable bonds is 3. The predicted molar refractivity (Wildman–Crippen MR) is 46.9 cm³/mol. The lowest BCUT2D eigenvalue weighted by Crippen LogP contribution is -1.89. The molecule has 2 heteroatoms. The summed E-state index contributed by atoms with van der Waals surface area (Å²) in [4.78, 5) is 10.0. The minimum atomic E-state index is 0.594. The van der Waals surface area contributed by atoms with Crippen LogP contribution >= 0.6 is 0 Å². The molecule has 0 aliphatic rings. The van der Waals surface area contributed by atoms with Crippen LogP contribution in [0, 0.1) is 0 Å². The first kappa shape index (κ1) is 8.53. The van der Waals surface area contributed by atoms with Gasteiger partial charge in [-0.3, -0.25) is 4.79 Å². The first-order valence-corrected chi connectivity index (χ1v) is 3.68. The van der Waals surface area contributed by atoms with Crippen molar-refractivity contribution in [2.75, 3.05) is 0 Å². The van der Waals surface area contributed by atoms with Gasteiger partial charge in [0.1, 0.15) is 17.8 Å². The Morgan fingerprint density at radius 2 is 2.00 bits per heavy atom. The average Bonchev–Trinajstić information content (AvgIpc) is 2.06. The highest BCUT2D eigenvalue weighted by Gasteiger charge is 1.91. The van der Waals surface area contributed by atoms with Crippen LogP contribution in [0.3, 0.4) is 0 Å². The zero-order valence-corrected chi connectivity index (χ0v) is 6.86. The van der Waals surface area contributed by atoms with Crippen LogP contribution in [0.2, 0.25) is 0 Å². The van der Waals surface area contributed by atoms with Gasteiger partial charge in [0.25, 0.3) is 0 Å². The summed E-state index contributed by atoms with van der Waals surface area (Å²) in [6, 6.07) is 9.34. The molecule has 0 fully saturated rings. The minimum Gasteiger partial charge on any atom is -0.462 e. The first-order valence-electron chi connectivity index (χ1n) is 3.68. The van der Waals surface area contributed by atoms with E-state index in [0.29, 0.717) is 12.0 Å². The number of carbonyl (C=O) groups is 1. The maximum atomic E-state index is 10.0. The maximum Gasteiger partial charge on any atom is 0.146 e. The third-order valence-electron chi connectivity index (χ3n) is 1.32. The molecule has 1 aromatic rings. The number of hydrogen-bond acceptors (Lipinski definition) is 2. The molecule has 1 rings (SSSR count). The van der Waals surface area contributed by atoms with E-state index in [1.807, 2.05) is 30.3 Å². The van der Waals surface area contributed by atoms with Gasteiger partial charge in [0.15, 0.2) is 0 Å². The van der Waals surface area contributed by atoms with Gasteiger partial charge in [-0.1, -0.05) is 18.2 Å². The fourth-order valence-electron chi connectivity index (χ4n) is 0.804. The van der Waals surface area contributed by atoms with Crippen LogP contribution in [-0.2, 0) is 4.79 Å². The van der Waals surface area contributed by atoms with Crippen LogP contribution in [0.4, 0.5) is 0 Å². The third-order valence-corrected chi connectivity index (χ3v) is 1.32. The van der Waals surface area contributed by atoms with E-state index in [1.165, 1.54) is 6.08 Å². The fraction of sp³-hybridized carbons (Fsp3) is 0.100. The molecule has 0 aliphatic carbocycles. The highest BCUT2D eigenvalue weighted by molar-refractivity contribution is 5.65. The maximum absolute atomic E-state index is 10.0. The molecule has 0 saturated heterocycles. The molecule has 12 heavy (non-hydrogen) atoms. The normalized spacial score (nSPS) is 10.9. The lowest BCUT2D eigenvalue weighted by atomic mass is 10.3. The van der Waals surface area contributed by atoms with Crippen molar-refractivity contribution in [3.8, 4) is 5.75 Å². The zero-order valence-electron chi connectivity index (χ0n) is 6.86. The van der Waals surface area contributed by atoms with Gasteiger partial charge in [-0.15, -0.1) is 0 Å². The SMILES string of the molecule is CC(=CC=O)Oc1ccccc1. The molecule has 0 bridgehead atoms. The van der Waals surface area contributed by atoms with E-state index in [9.17, 15) is 4.79 Å². The van der Waals surface area contributed by atoms with Crippen molar-refractivity contribution in [2.24, 2.45) is 0 Å². The van der Waals surface area contributed by atoms with Crippen LogP contribution in [0.1, 0.15) is 6.92 Å². The van der Waals surface area contributed by atoms with Crippen molar-refractivity contribution < 1.29 is 9.53 Å². The number of aldehydes is 1. The van der Waals surface area contributed by atoms with E-state index in [4.69, 9.17) is 4.74 Å². The molecule has 0 atom stereocenters. The standard InChI is InChI=1S/C10H10O2/c1-9(7-8-11)12-10-5-3-2-4-6-10/h2-8H,1H3. The van der Waals surface area contributed by atoms with Gasteiger partial charge in [-0.2, -0.15) is 0 Å². The number of carbonyl (C=O) groups excluding carboxylic acids is 1. The number of ether oxygens (including phenoxy) is 1. The van der Waals surface area contributed by atoms with E-state index in [1.54, 1.807) is 6.92 Å². The highest BCUT2D eigenvalue weighted by Crippen LogP contribution is 2.11. The molecule has 0 N–H and O–H groups in total. The van der Waals surface area contributed by atoms with Gasteiger partial charge < -0.3 is 4.74 Å². The molecule has 0 unspecified atom stereocenters. The van der Waals surface area contributed by atoms with Crippen LogP contribution in [0.5, 0.6) is 5.75 Å². The number of para-hydroxylation sites is 1. The Morgan fingerprint density at radius 1 is 1.33 bits per heavy atom. The Labute approximate surface area is 71.5 Å². The van der Waals surface area contributed by atoms with E-state index in [0.717, 1.165) is 5.75 Å². The van der Waals surface area contributed by atoms with Gasteiger partial charge in [-0.05, 0) is 19.1 Å². The molecule has 1 aromatic carbocycles. The van der Waals surface area contributed by atoms with Gasteiger partial charge in [0.05, 0.1) is 0 Å². The Kier molecular flexibility index (Phi) is 3.08. The summed E-state index contributed by atoms with van der Waals surface area (Å²) in [6.07, 6.45) is 2.09. The van der Waals surface area contributed by atoms with Crippen LogP contribution in [0.15, 0.2) is 42.2 Å². The van der Waals surface area contributed by atoms with Gasteiger partial charge >= 0.3 is 0 Å². The second-order valence-corrected chi connectivity index (χ2v) is 2.33. The molecule has 2 nitrogen and oxygen atoms in total. The molecule has 0 aromatic heterocycles. The smallest absolute Gasteiger partial charge is 0.146 e. The molecule has 0 amide bonds. The molecule has 0 heterocycles. The second-order valence-electron chi connectivity index (χ2n) is 2.33. The molecule has 62 valence electrons. The molecule has 0 saturated carbocycles. The lowest BCUT2D eigenvalue weighted by Gasteiger charge is -2.02. The average molecular weight is 162 g/mol. The van der Waals surface area contributed by atoms with Crippen molar-refractivity contribution in [1.82, 2.24) is 0 Å². The number of benzene rings is 1. The summed E-state index contributed by atoms with van der Waals surface area (Å²) >= 11 is 0. The van der Waals surface area contributed by atoms with E-state index < -0.39 is 0 Å². The van der Waals surface area contributed by atoms with Gasteiger partial charge in [0.2, 0.25) is 0 Å². The van der Waals surface area contributed by atoms with Crippen LogP contribution in [-0.4, -0.2) is 6.29 Å². The predicted octanol–water partition coefficient (Wildman–Crippen LogP) is 2.17. The van der Waals surface area contributed by atoms with Gasteiger partial charge in [-0.25, -0.2) is 0 Å². The Balaban J connectivity index is 2.64. The molecular weight excluding hydrogens is 152 g/mol. The molecule has 0 spiro atoms. The summed E-state index contributed by atoms with van der Waals surface area (Å²) < 4.78 is 5.28. The van der Waals surface area contributed by atoms with Crippen molar-refractivity contribution in [1.29, 1.82) is 0 Å². The molecular formula is C10H10O2. The zero-order chi connectivity index (χ0) is 8.81. The van der Waals surface area contributed by atoms with Crippen LogP contribution in [0.25, 0.3) is 0 Å². The quantitative estimate of drug-likeness (QED) is 0.387. The summed E-state index contributed by atoms with van der Waals surface area (Å²) in [5.74, 6) is 1.34. The number of hydrogen-bond donors (Lipinski definition) is 0. The Hall–Kier alpha value is -1.57. The Bertz CT molecular complexity index is 275. The summed E-state index contributed by atoms with van der Waals surface area (Å²) in [7, 11) is 0. The molecule has 0 aliphatic heterocycles. The Morgan fingerprint density at radius 3 is 2.58 bits per heavy atom. The third kappa shape index (κ3) is 2.58. The summed E-state index contributed by atoms with van der Waals surface area (Å²) in [6.45, 7) is 1.74. The second kappa shape index (κ2) is 4.34. The van der Waals surface area contributed by atoms with E-state index in [2.05, 4.69) is 0 Å². The first-order chi connectivity index (χ1) is 5.83. The van der Waals surface area contributed by atoms with E-state index >= 15 is 0 Å². The molecule has 0 radical (unpaired) electrons. The van der Waals surface area contributed by atoms with Crippen molar-refractivity contribution in [2.45, 2.75) is 6.92 Å². The van der Waals surface area contributed by atoms with Crippen molar-refractivity contribution in [3.05, 3.63) is 42.2 Å². The minimum absolute atomic E-state index is 0.594. The summed E-state index contributed by atoms with van der Waals surface area (Å²) in [5, 5.41) is 0. The van der Waals surface area contributed by atoms with Crippen molar-refractivity contribution in [3.63, 3.8) is 0 Å². The van der Waals surface area contributed by atoms with Gasteiger partial charge in [0, 0.05) is 6.08 Å². The number of allylic oxidation sites excluding steroid dienone is 2. The summed E-state index contributed by atoms with van der Waals surface area (Å²) in [5.41, 5.74) is 0.